The smallest absolute Gasteiger partial charge is 0.327 e. The van der Waals surface area contributed by atoms with Gasteiger partial charge in [0.2, 0.25) is 0 Å². The first-order valence-corrected chi connectivity index (χ1v) is 3.85. The summed E-state index contributed by atoms with van der Waals surface area (Å²) in [4.78, 5) is 10.1. The average molecular weight is 152 g/mol. The van der Waals surface area contributed by atoms with Gasteiger partial charge < -0.3 is 5.11 Å². The maximum atomic E-state index is 10.1. The molecule has 1 aliphatic carbocycles. The fourth-order valence-electron chi connectivity index (χ4n) is 1.21. The molecule has 1 N–H and O–H groups in total. The molecule has 0 bridgehead atoms. The van der Waals surface area contributed by atoms with E-state index in [0.717, 1.165) is 19.3 Å². The largest absolute Gasteiger partial charge is 0.478 e. The van der Waals surface area contributed by atoms with E-state index in [1.807, 2.05) is 0 Å². The summed E-state index contributed by atoms with van der Waals surface area (Å²) in [5, 5.41) is 8.34. The Morgan fingerprint density at radius 1 is 1.55 bits per heavy atom. The van der Waals surface area contributed by atoms with Crippen LogP contribution in [0.25, 0.3) is 0 Å². The molecule has 0 aromatic carbocycles. The summed E-state index contributed by atoms with van der Waals surface area (Å²) >= 11 is 0. The van der Waals surface area contributed by atoms with Gasteiger partial charge in [0, 0.05) is 6.08 Å². The molecule has 60 valence electrons. The number of aliphatic carboxylic acids is 1. The van der Waals surface area contributed by atoms with Crippen molar-refractivity contribution in [1.29, 1.82) is 0 Å². The van der Waals surface area contributed by atoms with Gasteiger partial charge in [-0.25, -0.2) is 4.79 Å². The van der Waals surface area contributed by atoms with E-state index < -0.39 is 5.97 Å². The van der Waals surface area contributed by atoms with Crippen LogP contribution in [0.3, 0.4) is 0 Å². The lowest BCUT2D eigenvalue weighted by Gasteiger charge is -2.11. The monoisotopic (exact) mass is 152 g/mol. The quantitative estimate of drug-likeness (QED) is 0.485. The molecule has 2 heteroatoms. The van der Waals surface area contributed by atoms with E-state index in [2.05, 4.69) is 12.2 Å². The molecule has 0 heterocycles. The molecule has 0 aromatic rings. The van der Waals surface area contributed by atoms with E-state index in [9.17, 15) is 4.79 Å². The molecule has 11 heavy (non-hydrogen) atoms. The molecular formula is C9H12O2. The Hall–Kier alpha value is -1.05. The summed E-state index contributed by atoms with van der Waals surface area (Å²) < 4.78 is 0. The van der Waals surface area contributed by atoms with Crippen LogP contribution >= 0.6 is 0 Å². The zero-order valence-electron chi connectivity index (χ0n) is 6.36. The summed E-state index contributed by atoms with van der Waals surface area (Å²) in [5.41, 5.74) is 0. The number of rotatable bonds is 2. The van der Waals surface area contributed by atoms with Crippen LogP contribution in [-0.4, -0.2) is 11.1 Å². The Kier molecular flexibility index (Phi) is 2.90. The minimum Gasteiger partial charge on any atom is -0.478 e. The number of allylic oxidation sites excluding steroid dienone is 3. The van der Waals surface area contributed by atoms with E-state index in [4.69, 9.17) is 5.11 Å². The molecule has 1 aliphatic rings. The van der Waals surface area contributed by atoms with Crippen molar-refractivity contribution in [2.24, 2.45) is 5.92 Å². The summed E-state index contributed by atoms with van der Waals surface area (Å²) in [7, 11) is 0. The average Bonchev–Trinajstić information content (AvgIpc) is 2.03. The molecule has 0 saturated heterocycles. The number of carboxylic acids is 1. The van der Waals surface area contributed by atoms with Crippen molar-refractivity contribution in [1.82, 2.24) is 0 Å². The van der Waals surface area contributed by atoms with Crippen LogP contribution in [0, 0.1) is 5.92 Å². The zero-order chi connectivity index (χ0) is 8.10. The van der Waals surface area contributed by atoms with Crippen LogP contribution in [0.5, 0.6) is 0 Å². The molecule has 0 unspecified atom stereocenters. The molecule has 0 aliphatic heterocycles. The second kappa shape index (κ2) is 3.96. The van der Waals surface area contributed by atoms with Gasteiger partial charge in [-0.15, -0.1) is 0 Å². The van der Waals surface area contributed by atoms with Gasteiger partial charge in [0.15, 0.2) is 0 Å². The fourth-order valence-corrected chi connectivity index (χ4v) is 1.21. The maximum Gasteiger partial charge on any atom is 0.327 e. The summed E-state index contributed by atoms with van der Waals surface area (Å²) in [6.07, 6.45) is 10.4. The first-order chi connectivity index (χ1) is 5.29. The van der Waals surface area contributed by atoms with Crippen LogP contribution in [0.1, 0.15) is 19.3 Å². The van der Waals surface area contributed by atoms with Gasteiger partial charge in [-0.2, -0.15) is 0 Å². The van der Waals surface area contributed by atoms with E-state index in [0.29, 0.717) is 5.92 Å². The van der Waals surface area contributed by atoms with E-state index >= 15 is 0 Å². The number of carboxylic acid groups (broad SMARTS) is 1. The van der Waals surface area contributed by atoms with Crippen molar-refractivity contribution in [3.63, 3.8) is 0 Å². The molecule has 0 saturated carbocycles. The maximum absolute atomic E-state index is 10.1. The summed E-state index contributed by atoms with van der Waals surface area (Å²) in [6.45, 7) is 0. The summed E-state index contributed by atoms with van der Waals surface area (Å²) in [6, 6.07) is 0. The Bertz CT molecular complexity index is 192. The number of hydrogen-bond donors (Lipinski definition) is 1. The molecule has 0 amide bonds. The van der Waals surface area contributed by atoms with Crippen LogP contribution in [0.15, 0.2) is 24.3 Å². The van der Waals surface area contributed by atoms with Gasteiger partial charge in [-0.3, -0.25) is 0 Å². The topological polar surface area (TPSA) is 37.3 Å². The van der Waals surface area contributed by atoms with E-state index in [-0.39, 0.29) is 0 Å². The summed E-state index contributed by atoms with van der Waals surface area (Å²) in [5.74, 6) is -0.407. The van der Waals surface area contributed by atoms with Crippen molar-refractivity contribution < 1.29 is 9.90 Å². The SMILES string of the molecule is O=C(O)/C=C\[C@H]1CC=CCC1. The Morgan fingerprint density at radius 2 is 2.36 bits per heavy atom. The third kappa shape index (κ3) is 3.03. The molecule has 1 atom stereocenters. The highest BCUT2D eigenvalue weighted by Crippen LogP contribution is 2.18. The third-order valence-corrected chi connectivity index (χ3v) is 1.82. The Morgan fingerprint density at radius 3 is 2.91 bits per heavy atom. The molecule has 0 spiro atoms. The van der Waals surface area contributed by atoms with Crippen LogP contribution in [0.4, 0.5) is 0 Å². The third-order valence-electron chi connectivity index (χ3n) is 1.82. The highest BCUT2D eigenvalue weighted by Gasteiger charge is 2.05. The second-order valence-electron chi connectivity index (χ2n) is 2.74. The predicted octanol–water partition coefficient (Wildman–Crippen LogP) is 1.98. The van der Waals surface area contributed by atoms with Gasteiger partial charge in [0.05, 0.1) is 0 Å². The first kappa shape index (κ1) is 8.05. The van der Waals surface area contributed by atoms with E-state index in [1.54, 1.807) is 6.08 Å². The van der Waals surface area contributed by atoms with Crippen LogP contribution in [0.2, 0.25) is 0 Å². The molecule has 0 aromatic heterocycles. The normalized spacial score (nSPS) is 24.2. The van der Waals surface area contributed by atoms with Crippen molar-refractivity contribution in [2.45, 2.75) is 19.3 Å². The number of carbonyl (C=O) groups is 1. The molecule has 0 radical (unpaired) electrons. The lowest BCUT2D eigenvalue weighted by atomic mass is 9.94. The molecular weight excluding hydrogens is 140 g/mol. The van der Waals surface area contributed by atoms with Crippen molar-refractivity contribution in [3.05, 3.63) is 24.3 Å². The lowest BCUT2D eigenvalue weighted by molar-refractivity contribution is -0.131. The van der Waals surface area contributed by atoms with Gasteiger partial charge in [0.25, 0.3) is 0 Å². The van der Waals surface area contributed by atoms with Crippen molar-refractivity contribution in [2.75, 3.05) is 0 Å². The molecule has 2 nitrogen and oxygen atoms in total. The second-order valence-corrected chi connectivity index (χ2v) is 2.74. The molecule has 1 rings (SSSR count). The minimum absolute atomic E-state index is 0.441. The van der Waals surface area contributed by atoms with Gasteiger partial charge in [-0.05, 0) is 25.2 Å². The van der Waals surface area contributed by atoms with Crippen LogP contribution < -0.4 is 0 Å². The predicted molar refractivity (Wildman–Crippen MR) is 43.3 cm³/mol. The van der Waals surface area contributed by atoms with Crippen LogP contribution in [-0.2, 0) is 4.79 Å². The van der Waals surface area contributed by atoms with Gasteiger partial charge in [0.1, 0.15) is 0 Å². The minimum atomic E-state index is -0.848. The Labute approximate surface area is 66.2 Å². The van der Waals surface area contributed by atoms with E-state index in [1.165, 1.54) is 6.08 Å². The lowest BCUT2D eigenvalue weighted by Crippen LogP contribution is -1.99. The zero-order valence-corrected chi connectivity index (χ0v) is 6.36. The molecule has 0 fully saturated rings. The number of hydrogen-bond acceptors (Lipinski definition) is 1. The Balaban J connectivity index is 2.37. The van der Waals surface area contributed by atoms with Gasteiger partial charge in [-0.1, -0.05) is 18.2 Å². The van der Waals surface area contributed by atoms with Gasteiger partial charge >= 0.3 is 5.97 Å². The highest BCUT2D eigenvalue weighted by molar-refractivity contribution is 5.79. The first-order valence-electron chi connectivity index (χ1n) is 3.85. The highest BCUT2D eigenvalue weighted by atomic mass is 16.4. The fraction of sp³-hybridized carbons (Fsp3) is 0.444. The van der Waals surface area contributed by atoms with Crippen molar-refractivity contribution in [3.8, 4) is 0 Å². The standard InChI is InChI=1S/C9H12O2/c10-9(11)7-6-8-4-2-1-3-5-8/h1-2,6-8H,3-5H2,(H,10,11)/b7-6-/t8-/m0/s1. The van der Waals surface area contributed by atoms with Crippen molar-refractivity contribution >= 4 is 5.97 Å².